The van der Waals surface area contributed by atoms with Crippen molar-refractivity contribution in [2.75, 3.05) is 12.3 Å². The van der Waals surface area contributed by atoms with E-state index in [1.54, 1.807) is 0 Å². The van der Waals surface area contributed by atoms with E-state index < -0.39 is 7.14 Å². The van der Waals surface area contributed by atoms with Gasteiger partial charge in [-0.2, -0.15) is 0 Å². The molecule has 0 radical (unpaired) electrons. The largest absolute Gasteiger partial charge is 0.369 e. The van der Waals surface area contributed by atoms with Crippen molar-refractivity contribution >= 4 is 12.4 Å². The molecule has 3 heteroatoms. The summed E-state index contributed by atoms with van der Waals surface area (Å²) in [7, 11) is -2.05. The number of epoxide rings is 1. The minimum absolute atomic E-state index is 0.311. The van der Waals surface area contributed by atoms with E-state index in [9.17, 15) is 4.57 Å². The Balaban J connectivity index is 1.97. The van der Waals surface area contributed by atoms with Crippen molar-refractivity contribution in [1.29, 1.82) is 0 Å². The van der Waals surface area contributed by atoms with Crippen molar-refractivity contribution in [3.8, 4) is 0 Å². The Hall–Kier alpha value is -0.590. The van der Waals surface area contributed by atoms with E-state index >= 15 is 0 Å². The van der Waals surface area contributed by atoms with Crippen LogP contribution in [-0.2, 0) is 9.30 Å². The smallest absolute Gasteiger partial charge is 0.120 e. The lowest BCUT2D eigenvalue weighted by Gasteiger charge is -2.12. The third kappa shape index (κ3) is 1.17. The fraction of sp³-hybridized carbons (Fsp3) is 0.400. The summed E-state index contributed by atoms with van der Waals surface area (Å²) >= 11 is 0. The van der Waals surface area contributed by atoms with E-state index in [0.29, 0.717) is 12.2 Å². The number of rotatable bonds is 1. The maximum absolute atomic E-state index is 12.4. The van der Waals surface area contributed by atoms with Crippen molar-refractivity contribution in [3.05, 3.63) is 30.3 Å². The predicted octanol–water partition coefficient (Wildman–Crippen LogP) is 1.46. The zero-order valence-corrected chi connectivity index (χ0v) is 8.11. The lowest BCUT2D eigenvalue weighted by Crippen LogP contribution is -2.09. The van der Waals surface area contributed by atoms with Gasteiger partial charge < -0.3 is 9.30 Å². The molecule has 2 heterocycles. The van der Waals surface area contributed by atoms with E-state index in [-0.39, 0.29) is 0 Å². The summed E-state index contributed by atoms with van der Waals surface area (Å²) in [6, 6.07) is 9.83. The highest BCUT2D eigenvalue weighted by atomic mass is 31.2. The van der Waals surface area contributed by atoms with Gasteiger partial charge in [-0.25, -0.2) is 0 Å². The predicted molar refractivity (Wildman–Crippen MR) is 52.1 cm³/mol. The van der Waals surface area contributed by atoms with Crippen LogP contribution in [0.15, 0.2) is 30.3 Å². The van der Waals surface area contributed by atoms with Gasteiger partial charge >= 0.3 is 0 Å². The highest BCUT2D eigenvalue weighted by molar-refractivity contribution is 7.72. The normalized spacial score (nSPS) is 41.5. The van der Waals surface area contributed by atoms with Crippen molar-refractivity contribution in [3.63, 3.8) is 0 Å². The van der Waals surface area contributed by atoms with Crippen molar-refractivity contribution in [2.45, 2.75) is 12.2 Å². The Morgan fingerprint density at radius 2 is 1.77 bits per heavy atom. The Kier molecular flexibility index (Phi) is 1.47. The summed E-state index contributed by atoms with van der Waals surface area (Å²) in [4.78, 5) is 0. The molecule has 1 aromatic rings. The molecule has 0 saturated carbocycles. The van der Waals surface area contributed by atoms with E-state index in [1.807, 2.05) is 30.3 Å². The summed E-state index contributed by atoms with van der Waals surface area (Å²) in [5.74, 6) is 0. The van der Waals surface area contributed by atoms with Crippen LogP contribution in [-0.4, -0.2) is 24.5 Å². The molecule has 0 bridgehead atoms. The summed E-state index contributed by atoms with van der Waals surface area (Å²) in [6.45, 7) is 0. The van der Waals surface area contributed by atoms with Gasteiger partial charge in [0.05, 0.1) is 12.2 Å². The molecule has 2 atom stereocenters. The second-order valence-corrected chi connectivity index (χ2v) is 6.83. The fourth-order valence-electron chi connectivity index (χ4n) is 2.07. The summed E-state index contributed by atoms with van der Waals surface area (Å²) in [6.07, 6.45) is 2.15. The van der Waals surface area contributed by atoms with Gasteiger partial charge in [0.25, 0.3) is 0 Å². The van der Waals surface area contributed by atoms with E-state index in [2.05, 4.69) is 0 Å². The number of hydrogen-bond donors (Lipinski definition) is 0. The molecule has 68 valence electrons. The van der Waals surface area contributed by atoms with Gasteiger partial charge in [0.1, 0.15) is 7.14 Å². The topological polar surface area (TPSA) is 29.6 Å². The first-order chi connectivity index (χ1) is 6.28. The summed E-state index contributed by atoms with van der Waals surface area (Å²) < 4.78 is 17.7. The molecule has 3 rings (SSSR count). The van der Waals surface area contributed by atoms with Crippen LogP contribution in [0.2, 0.25) is 0 Å². The van der Waals surface area contributed by atoms with Crippen molar-refractivity contribution in [1.82, 2.24) is 0 Å². The molecule has 0 spiro atoms. The van der Waals surface area contributed by atoms with Crippen LogP contribution in [0.3, 0.4) is 0 Å². The Bertz CT molecular complexity index is 360. The molecule has 2 unspecified atom stereocenters. The molecule has 0 aromatic heterocycles. The average Bonchev–Trinajstić information content (AvgIpc) is 2.77. The SMILES string of the molecule is O=P1(c2ccccc2)CC2OC2C1. The lowest BCUT2D eigenvalue weighted by atomic mass is 10.4. The molecule has 0 N–H and O–H groups in total. The second-order valence-electron chi connectivity index (χ2n) is 3.80. The van der Waals surface area contributed by atoms with Crippen molar-refractivity contribution < 1.29 is 9.30 Å². The van der Waals surface area contributed by atoms with Crippen LogP contribution in [0.1, 0.15) is 0 Å². The molecule has 2 nitrogen and oxygen atoms in total. The molecule has 1 aromatic carbocycles. The Morgan fingerprint density at radius 3 is 2.38 bits per heavy atom. The van der Waals surface area contributed by atoms with Crippen LogP contribution in [0, 0.1) is 0 Å². The fourth-order valence-corrected chi connectivity index (χ4v) is 5.16. The molecule has 2 saturated heterocycles. The minimum Gasteiger partial charge on any atom is -0.369 e. The lowest BCUT2D eigenvalue weighted by molar-refractivity contribution is 0.380. The van der Waals surface area contributed by atoms with Gasteiger partial charge in [0.15, 0.2) is 0 Å². The van der Waals surface area contributed by atoms with Gasteiger partial charge in [-0.05, 0) is 0 Å². The number of hydrogen-bond acceptors (Lipinski definition) is 2. The van der Waals surface area contributed by atoms with Crippen LogP contribution in [0.4, 0.5) is 0 Å². The highest BCUT2D eigenvalue weighted by Crippen LogP contribution is 2.58. The highest BCUT2D eigenvalue weighted by Gasteiger charge is 2.54. The standard InChI is InChI=1S/C10H11O2P/c11-13(6-9-10(7-13)12-9)8-4-2-1-3-5-8/h1-5,9-10H,6-7H2. The number of fused-ring (bicyclic) bond motifs is 1. The molecule has 0 amide bonds. The summed E-state index contributed by atoms with van der Waals surface area (Å²) in [5.41, 5.74) is 0. The number of ether oxygens (including phenoxy) is 1. The van der Waals surface area contributed by atoms with Crippen LogP contribution >= 0.6 is 7.14 Å². The van der Waals surface area contributed by atoms with Crippen LogP contribution < -0.4 is 5.30 Å². The van der Waals surface area contributed by atoms with E-state index in [4.69, 9.17) is 4.74 Å². The second kappa shape index (κ2) is 2.46. The maximum atomic E-state index is 12.4. The molecule has 2 aliphatic rings. The Morgan fingerprint density at radius 1 is 1.15 bits per heavy atom. The first kappa shape index (κ1) is 7.78. The van der Waals surface area contributed by atoms with Crippen molar-refractivity contribution in [2.24, 2.45) is 0 Å². The van der Waals surface area contributed by atoms with Crippen LogP contribution in [0.25, 0.3) is 0 Å². The first-order valence-corrected chi connectivity index (χ1v) is 6.65. The van der Waals surface area contributed by atoms with Gasteiger partial charge in [-0.1, -0.05) is 30.3 Å². The zero-order valence-electron chi connectivity index (χ0n) is 7.22. The molecular formula is C10H11O2P. The molecule has 2 aliphatic heterocycles. The molecule has 2 fully saturated rings. The van der Waals surface area contributed by atoms with Crippen LogP contribution in [0.5, 0.6) is 0 Å². The third-order valence-electron chi connectivity index (χ3n) is 2.86. The first-order valence-electron chi connectivity index (χ1n) is 4.57. The number of benzene rings is 1. The van der Waals surface area contributed by atoms with Gasteiger partial charge in [0, 0.05) is 17.6 Å². The van der Waals surface area contributed by atoms with E-state index in [0.717, 1.165) is 17.6 Å². The van der Waals surface area contributed by atoms with Gasteiger partial charge in [-0.3, -0.25) is 0 Å². The monoisotopic (exact) mass is 194 g/mol. The van der Waals surface area contributed by atoms with E-state index in [1.165, 1.54) is 0 Å². The minimum atomic E-state index is -2.05. The zero-order chi connectivity index (χ0) is 8.89. The molecule has 0 aliphatic carbocycles. The third-order valence-corrected chi connectivity index (χ3v) is 6.00. The molecular weight excluding hydrogens is 183 g/mol. The van der Waals surface area contributed by atoms with Gasteiger partial charge in [0.2, 0.25) is 0 Å². The Labute approximate surface area is 77.3 Å². The quantitative estimate of drug-likeness (QED) is 0.500. The van der Waals surface area contributed by atoms with Gasteiger partial charge in [-0.15, -0.1) is 0 Å². The maximum Gasteiger partial charge on any atom is 0.120 e. The molecule has 13 heavy (non-hydrogen) atoms. The average molecular weight is 194 g/mol. The summed E-state index contributed by atoms with van der Waals surface area (Å²) in [5, 5.41) is 1.03.